The average Bonchev–Trinajstić information content (AvgIpc) is 2.44. The Labute approximate surface area is 110 Å². The summed E-state index contributed by atoms with van der Waals surface area (Å²) >= 11 is 0. The van der Waals surface area contributed by atoms with E-state index in [0.29, 0.717) is 12.7 Å². The van der Waals surface area contributed by atoms with E-state index in [1.54, 1.807) is 21.3 Å². The summed E-state index contributed by atoms with van der Waals surface area (Å²) in [7, 11) is 2.33. The molecule has 0 atom stereocenters. The van der Waals surface area contributed by atoms with Crippen LogP contribution in [0.25, 0.3) is 0 Å². The molecule has 18 heavy (non-hydrogen) atoms. The third-order valence-corrected chi connectivity index (χ3v) is 5.56. The summed E-state index contributed by atoms with van der Waals surface area (Å²) in [6.07, 6.45) is 0. The highest BCUT2D eigenvalue weighted by Gasteiger charge is 2.37. The van der Waals surface area contributed by atoms with Crippen molar-refractivity contribution in [3.8, 4) is 0 Å². The van der Waals surface area contributed by atoms with Crippen molar-refractivity contribution in [3.63, 3.8) is 0 Å². The van der Waals surface area contributed by atoms with Gasteiger partial charge in [-0.05, 0) is 11.1 Å². The molecule has 0 aromatic heterocycles. The fourth-order valence-electron chi connectivity index (χ4n) is 1.71. The van der Waals surface area contributed by atoms with Gasteiger partial charge in [-0.15, -0.1) is 0 Å². The van der Waals surface area contributed by atoms with Crippen LogP contribution in [0.1, 0.15) is 11.1 Å². The summed E-state index contributed by atoms with van der Waals surface area (Å²) in [6, 6.07) is 8.93. The molecule has 6 heteroatoms. The molecule has 0 bridgehead atoms. The second-order valence-corrected chi connectivity index (χ2v) is 6.86. The van der Waals surface area contributed by atoms with Crippen LogP contribution < -0.4 is 11.1 Å². The highest BCUT2D eigenvalue weighted by molar-refractivity contribution is 6.60. The van der Waals surface area contributed by atoms with Gasteiger partial charge in [0.15, 0.2) is 0 Å². The molecule has 0 amide bonds. The molecule has 3 N–H and O–H groups in total. The minimum Gasteiger partial charge on any atom is -0.377 e. The van der Waals surface area contributed by atoms with E-state index in [4.69, 9.17) is 19.0 Å². The van der Waals surface area contributed by atoms with Gasteiger partial charge in [-0.25, -0.2) is 0 Å². The van der Waals surface area contributed by atoms with E-state index in [2.05, 4.69) is 29.6 Å². The van der Waals surface area contributed by atoms with Crippen molar-refractivity contribution in [3.05, 3.63) is 35.4 Å². The Hall–Kier alpha value is -0.763. The Balaban J connectivity index is 2.67. The molecule has 0 aliphatic rings. The molecule has 1 aromatic rings. The lowest BCUT2D eigenvalue weighted by Crippen LogP contribution is -2.45. The Morgan fingerprint density at radius 2 is 1.50 bits per heavy atom. The van der Waals surface area contributed by atoms with Crippen molar-refractivity contribution in [2.45, 2.75) is 12.6 Å². The van der Waals surface area contributed by atoms with Crippen LogP contribution in [0.5, 0.6) is 0 Å². The van der Waals surface area contributed by atoms with E-state index in [1.807, 2.05) is 0 Å². The third kappa shape index (κ3) is 4.16. The zero-order chi connectivity index (χ0) is 13.4. The van der Waals surface area contributed by atoms with Crippen LogP contribution in [0.4, 0.5) is 0 Å². The summed E-state index contributed by atoms with van der Waals surface area (Å²) < 4.78 is 16.2. The standard InChI is InChI=1S/C12H22N2O3Si/c1-15-18(16-2,17-3)9-12-6-4-11(5-7-12)8-14-10-13/h4-7,14H,8-10,13H2,1-3H3. The summed E-state index contributed by atoms with van der Waals surface area (Å²) in [5.41, 5.74) is 7.73. The molecule has 1 aromatic carbocycles. The summed E-state index contributed by atoms with van der Waals surface area (Å²) in [5, 5.41) is 3.08. The van der Waals surface area contributed by atoms with Crippen molar-refractivity contribution >= 4 is 8.80 Å². The highest BCUT2D eigenvalue weighted by atomic mass is 28.4. The Morgan fingerprint density at radius 3 is 1.94 bits per heavy atom. The topological polar surface area (TPSA) is 65.7 Å². The van der Waals surface area contributed by atoms with Gasteiger partial charge in [0.2, 0.25) is 0 Å². The van der Waals surface area contributed by atoms with Crippen LogP contribution in [-0.4, -0.2) is 36.8 Å². The first-order valence-corrected chi connectivity index (χ1v) is 7.77. The normalized spacial score (nSPS) is 11.8. The van der Waals surface area contributed by atoms with Crippen molar-refractivity contribution < 1.29 is 13.3 Å². The van der Waals surface area contributed by atoms with Crippen molar-refractivity contribution in [1.29, 1.82) is 0 Å². The maximum absolute atomic E-state index is 5.40. The van der Waals surface area contributed by atoms with Crippen LogP contribution in [0.15, 0.2) is 24.3 Å². The average molecular weight is 270 g/mol. The third-order valence-electron chi connectivity index (χ3n) is 2.85. The number of nitrogens with two attached hydrogens (primary N) is 1. The fourth-order valence-corrected chi connectivity index (χ4v) is 3.38. The van der Waals surface area contributed by atoms with Gasteiger partial charge in [0, 0.05) is 40.6 Å². The quantitative estimate of drug-likeness (QED) is 0.536. The summed E-state index contributed by atoms with van der Waals surface area (Å²) in [4.78, 5) is 0. The maximum atomic E-state index is 5.40. The minimum atomic E-state index is -2.54. The minimum absolute atomic E-state index is 0.481. The summed E-state index contributed by atoms with van der Waals surface area (Å²) in [6.45, 7) is 1.26. The first kappa shape index (κ1) is 15.3. The maximum Gasteiger partial charge on any atom is 0.504 e. The van der Waals surface area contributed by atoms with Crippen LogP contribution in [-0.2, 0) is 25.9 Å². The van der Waals surface area contributed by atoms with Crippen molar-refractivity contribution in [2.75, 3.05) is 28.0 Å². The van der Waals surface area contributed by atoms with Gasteiger partial charge >= 0.3 is 8.80 Å². The molecular formula is C12H22N2O3Si. The SMILES string of the molecule is CO[Si](Cc1ccc(CNCN)cc1)(OC)OC. The van der Waals surface area contributed by atoms with Gasteiger partial charge in [-0.1, -0.05) is 24.3 Å². The zero-order valence-electron chi connectivity index (χ0n) is 11.2. The number of benzene rings is 1. The van der Waals surface area contributed by atoms with E-state index in [1.165, 1.54) is 5.56 Å². The van der Waals surface area contributed by atoms with E-state index < -0.39 is 8.80 Å². The van der Waals surface area contributed by atoms with Crippen LogP contribution >= 0.6 is 0 Å². The molecule has 0 saturated heterocycles. The Morgan fingerprint density at radius 1 is 1.00 bits per heavy atom. The van der Waals surface area contributed by atoms with E-state index in [9.17, 15) is 0 Å². The molecule has 0 aliphatic heterocycles. The number of nitrogens with one attached hydrogen (secondary N) is 1. The van der Waals surface area contributed by atoms with Crippen LogP contribution in [0.3, 0.4) is 0 Å². The van der Waals surface area contributed by atoms with E-state index in [0.717, 1.165) is 12.1 Å². The van der Waals surface area contributed by atoms with Crippen molar-refractivity contribution in [2.24, 2.45) is 5.73 Å². The first-order valence-electron chi connectivity index (χ1n) is 5.83. The van der Waals surface area contributed by atoms with Gasteiger partial charge in [-0.3, -0.25) is 0 Å². The first-order chi connectivity index (χ1) is 8.69. The molecule has 0 radical (unpaired) electrons. The van der Waals surface area contributed by atoms with Gasteiger partial charge in [-0.2, -0.15) is 0 Å². The fraction of sp³-hybridized carbons (Fsp3) is 0.500. The molecule has 0 heterocycles. The predicted octanol–water partition coefficient (Wildman–Crippen LogP) is 0.652. The van der Waals surface area contributed by atoms with Gasteiger partial charge in [0.1, 0.15) is 0 Å². The van der Waals surface area contributed by atoms with Gasteiger partial charge in [0.25, 0.3) is 0 Å². The molecule has 102 valence electrons. The molecule has 0 aliphatic carbocycles. The van der Waals surface area contributed by atoms with E-state index >= 15 is 0 Å². The lowest BCUT2D eigenvalue weighted by Gasteiger charge is -2.24. The smallest absolute Gasteiger partial charge is 0.377 e. The molecule has 1 rings (SSSR count). The summed E-state index contributed by atoms with van der Waals surface area (Å²) in [5.74, 6) is 0. The number of rotatable bonds is 8. The lowest BCUT2D eigenvalue weighted by molar-refractivity contribution is 0.122. The lowest BCUT2D eigenvalue weighted by atomic mass is 10.1. The zero-order valence-corrected chi connectivity index (χ0v) is 12.2. The molecule has 0 saturated carbocycles. The van der Waals surface area contributed by atoms with Gasteiger partial charge < -0.3 is 24.3 Å². The largest absolute Gasteiger partial charge is 0.504 e. The van der Waals surface area contributed by atoms with Gasteiger partial charge in [0.05, 0.1) is 0 Å². The number of hydrogen-bond acceptors (Lipinski definition) is 5. The van der Waals surface area contributed by atoms with Crippen LogP contribution in [0.2, 0.25) is 0 Å². The number of hydrogen-bond donors (Lipinski definition) is 2. The highest BCUT2D eigenvalue weighted by Crippen LogP contribution is 2.15. The molecule has 0 unspecified atom stereocenters. The second-order valence-electron chi connectivity index (χ2n) is 3.92. The van der Waals surface area contributed by atoms with E-state index in [-0.39, 0.29) is 0 Å². The monoisotopic (exact) mass is 270 g/mol. The predicted molar refractivity (Wildman–Crippen MR) is 72.8 cm³/mol. The molecule has 5 nitrogen and oxygen atoms in total. The molecule has 0 spiro atoms. The van der Waals surface area contributed by atoms with Crippen LogP contribution in [0, 0.1) is 0 Å². The Kier molecular flexibility index (Phi) is 6.48. The molecule has 0 fully saturated rings. The van der Waals surface area contributed by atoms with Crippen molar-refractivity contribution in [1.82, 2.24) is 5.32 Å². The second kappa shape index (κ2) is 7.62. The molecular weight excluding hydrogens is 248 g/mol. The Bertz CT molecular complexity index is 333.